The first-order valence-electron chi connectivity index (χ1n) is 9.10. The molecule has 2 aromatic carbocycles. The molecule has 2 heterocycles. The Balaban J connectivity index is 1.74. The van der Waals surface area contributed by atoms with Crippen LogP contribution in [0.5, 0.6) is 0 Å². The Labute approximate surface area is 166 Å². The predicted molar refractivity (Wildman–Crippen MR) is 113 cm³/mol. The van der Waals surface area contributed by atoms with Crippen LogP contribution in [-0.4, -0.2) is 24.9 Å². The molecular formula is C21H20N6O2. The Morgan fingerprint density at radius 3 is 2.31 bits per heavy atom. The number of nitrogens with one attached hydrogen (secondary N) is 1. The van der Waals surface area contributed by atoms with Gasteiger partial charge in [-0.25, -0.2) is 10.2 Å². The molecule has 8 heteroatoms. The summed E-state index contributed by atoms with van der Waals surface area (Å²) in [7, 11) is 3.32. The van der Waals surface area contributed by atoms with Crippen LogP contribution in [0.4, 0.5) is 5.95 Å². The third-order valence-electron chi connectivity index (χ3n) is 4.72. The molecule has 0 saturated carbocycles. The Hall–Kier alpha value is -3.94. The van der Waals surface area contributed by atoms with Gasteiger partial charge in [-0.05, 0) is 11.1 Å². The predicted octanol–water partition coefficient (Wildman–Crippen LogP) is 1.93. The zero-order valence-electron chi connectivity index (χ0n) is 16.1. The highest BCUT2D eigenvalue weighted by Crippen LogP contribution is 2.13. The molecule has 0 aliphatic carbocycles. The maximum atomic E-state index is 13.1. The van der Waals surface area contributed by atoms with Gasteiger partial charge in [-0.1, -0.05) is 60.7 Å². The lowest BCUT2D eigenvalue weighted by atomic mass is 10.2. The molecule has 0 radical (unpaired) electrons. The normalized spacial score (nSPS) is 11.4. The van der Waals surface area contributed by atoms with Crippen molar-refractivity contribution in [2.45, 2.75) is 6.54 Å². The summed E-state index contributed by atoms with van der Waals surface area (Å²) in [6.07, 6.45) is 1.66. The van der Waals surface area contributed by atoms with Gasteiger partial charge >= 0.3 is 5.69 Å². The van der Waals surface area contributed by atoms with Crippen molar-refractivity contribution in [3.8, 4) is 0 Å². The molecule has 0 aliphatic heterocycles. The van der Waals surface area contributed by atoms with Gasteiger partial charge in [0.15, 0.2) is 11.2 Å². The number of nitrogens with zero attached hydrogens (tertiary/aromatic N) is 5. The smallest absolute Gasteiger partial charge is 0.306 e. The highest BCUT2D eigenvalue weighted by molar-refractivity contribution is 5.80. The highest BCUT2D eigenvalue weighted by atomic mass is 16.2. The SMILES string of the molecule is Cn1c(N/N=C\c2ccccc2)nc2c1c(=O)n(Cc1ccccc1)c(=O)n2C. The number of benzene rings is 2. The molecule has 0 spiro atoms. The second kappa shape index (κ2) is 7.59. The zero-order chi connectivity index (χ0) is 20.4. The lowest BCUT2D eigenvalue weighted by molar-refractivity contribution is 0.655. The summed E-state index contributed by atoms with van der Waals surface area (Å²) in [4.78, 5) is 30.2. The van der Waals surface area contributed by atoms with Crippen LogP contribution in [0.1, 0.15) is 11.1 Å². The van der Waals surface area contributed by atoms with Gasteiger partial charge in [-0.2, -0.15) is 10.1 Å². The first kappa shape index (κ1) is 18.4. The van der Waals surface area contributed by atoms with E-state index in [1.54, 1.807) is 24.9 Å². The van der Waals surface area contributed by atoms with Gasteiger partial charge < -0.3 is 4.57 Å². The summed E-state index contributed by atoms with van der Waals surface area (Å²) in [6.45, 7) is 0.197. The number of hydrazone groups is 1. The largest absolute Gasteiger partial charge is 0.332 e. The molecule has 0 bridgehead atoms. The molecule has 1 N–H and O–H groups in total. The molecule has 0 saturated heterocycles. The molecule has 0 aliphatic rings. The standard InChI is InChI=1S/C21H20N6O2/c1-25-17-18(23-20(25)24-22-13-15-9-5-3-6-10-15)26(2)21(29)27(19(17)28)14-16-11-7-4-8-12-16/h3-13H,14H2,1-2H3,(H,23,24)/b22-13-. The van der Waals surface area contributed by atoms with Gasteiger partial charge in [0.1, 0.15) is 0 Å². The third kappa shape index (κ3) is 3.47. The summed E-state index contributed by atoms with van der Waals surface area (Å²) in [6, 6.07) is 19.0. The molecule has 4 aromatic rings. The molecule has 4 rings (SSSR count). The van der Waals surface area contributed by atoms with E-state index in [-0.39, 0.29) is 12.1 Å². The van der Waals surface area contributed by atoms with Gasteiger partial charge in [-0.15, -0.1) is 0 Å². The van der Waals surface area contributed by atoms with Crippen molar-refractivity contribution in [1.82, 2.24) is 18.7 Å². The number of imidazole rings is 1. The number of fused-ring (bicyclic) bond motifs is 1. The van der Waals surface area contributed by atoms with Crippen molar-refractivity contribution in [2.75, 3.05) is 5.43 Å². The summed E-state index contributed by atoms with van der Waals surface area (Å²) in [5, 5.41) is 4.19. The van der Waals surface area contributed by atoms with E-state index in [9.17, 15) is 9.59 Å². The number of hydrogen-bond acceptors (Lipinski definition) is 5. The number of rotatable bonds is 5. The van der Waals surface area contributed by atoms with Crippen LogP contribution >= 0.6 is 0 Å². The number of hydrogen-bond donors (Lipinski definition) is 1. The molecule has 0 fully saturated rings. The van der Waals surface area contributed by atoms with Gasteiger partial charge in [-0.3, -0.25) is 13.9 Å². The molecular weight excluding hydrogens is 368 g/mol. The molecule has 0 amide bonds. The van der Waals surface area contributed by atoms with Crippen molar-refractivity contribution in [3.05, 3.63) is 92.6 Å². The fourth-order valence-corrected chi connectivity index (χ4v) is 3.15. The van der Waals surface area contributed by atoms with Gasteiger partial charge in [0.2, 0.25) is 5.95 Å². The van der Waals surface area contributed by atoms with Crippen molar-refractivity contribution in [2.24, 2.45) is 19.2 Å². The van der Waals surface area contributed by atoms with Crippen LogP contribution < -0.4 is 16.7 Å². The highest BCUT2D eigenvalue weighted by Gasteiger charge is 2.18. The lowest BCUT2D eigenvalue weighted by Crippen LogP contribution is -2.39. The summed E-state index contributed by atoms with van der Waals surface area (Å²) in [5.41, 5.74) is 4.50. The van der Waals surface area contributed by atoms with Crippen LogP contribution in [0.15, 0.2) is 75.4 Å². The van der Waals surface area contributed by atoms with Crippen LogP contribution in [-0.2, 0) is 20.6 Å². The minimum atomic E-state index is -0.413. The monoisotopic (exact) mass is 388 g/mol. The topological polar surface area (TPSA) is 86.2 Å². The van der Waals surface area contributed by atoms with E-state index in [1.807, 2.05) is 60.7 Å². The first-order valence-corrected chi connectivity index (χ1v) is 9.10. The fraction of sp³-hybridized carbons (Fsp3) is 0.143. The van der Waals surface area contributed by atoms with Crippen molar-refractivity contribution >= 4 is 23.3 Å². The summed E-state index contributed by atoms with van der Waals surface area (Å²) >= 11 is 0. The van der Waals surface area contributed by atoms with E-state index in [4.69, 9.17) is 0 Å². The van der Waals surface area contributed by atoms with E-state index in [0.29, 0.717) is 17.1 Å². The van der Waals surface area contributed by atoms with Gasteiger partial charge in [0.25, 0.3) is 5.56 Å². The minimum absolute atomic E-state index is 0.197. The van der Waals surface area contributed by atoms with E-state index in [2.05, 4.69) is 15.5 Å². The van der Waals surface area contributed by atoms with Crippen molar-refractivity contribution < 1.29 is 0 Å². The van der Waals surface area contributed by atoms with Crippen LogP contribution in [0.25, 0.3) is 11.2 Å². The Morgan fingerprint density at radius 1 is 0.966 bits per heavy atom. The van der Waals surface area contributed by atoms with Crippen LogP contribution in [0, 0.1) is 0 Å². The molecule has 0 unspecified atom stereocenters. The molecule has 2 aromatic heterocycles. The van der Waals surface area contributed by atoms with Gasteiger partial charge in [0.05, 0.1) is 12.8 Å². The number of anilines is 1. The Bertz CT molecular complexity index is 1300. The summed E-state index contributed by atoms with van der Waals surface area (Å²) in [5.74, 6) is 0.372. The van der Waals surface area contributed by atoms with E-state index in [0.717, 1.165) is 11.1 Å². The first-order chi connectivity index (χ1) is 14.1. The van der Waals surface area contributed by atoms with E-state index in [1.165, 1.54) is 9.13 Å². The second-order valence-electron chi connectivity index (χ2n) is 6.67. The van der Waals surface area contributed by atoms with Crippen LogP contribution in [0.3, 0.4) is 0 Å². The van der Waals surface area contributed by atoms with Crippen LogP contribution in [0.2, 0.25) is 0 Å². The maximum absolute atomic E-state index is 13.1. The lowest BCUT2D eigenvalue weighted by Gasteiger charge is -2.08. The average Bonchev–Trinajstić information content (AvgIpc) is 3.08. The second-order valence-corrected chi connectivity index (χ2v) is 6.67. The zero-order valence-corrected chi connectivity index (χ0v) is 16.1. The van der Waals surface area contributed by atoms with Gasteiger partial charge in [0, 0.05) is 14.1 Å². The molecule has 8 nitrogen and oxygen atoms in total. The number of aryl methyl sites for hydroxylation is 2. The Morgan fingerprint density at radius 2 is 1.62 bits per heavy atom. The van der Waals surface area contributed by atoms with Crippen molar-refractivity contribution in [1.29, 1.82) is 0 Å². The molecule has 0 atom stereocenters. The quantitative estimate of drug-likeness (QED) is 0.418. The van der Waals surface area contributed by atoms with E-state index >= 15 is 0 Å². The third-order valence-corrected chi connectivity index (χ3v) is 4.72. The molecule has 29 heavy (non-hydrogen) atoms. The maximum Gasteiger partial charge on any atom is 0.332 e. The average molecular weight is 388 g/mol. The fourth-order valence-electron chi connectivity index (χ4n) is 3.15. The minimum Gasteiger partial charge on any atom is -0.306 e. The van der Waals surface area contributed by atoms with E-state index < -0.39 is 5.69 Å². The summed E-state index contributed by atoms with van der Waals surface area (Å²) < 4.78 is 4.21. The number of aromatic nitrogens is 4. The Kier molecular flexibility index (Phi) is 4.82. The molecule has 146 valence electrons. The van der Waals surface area contributed by atoms with Crippen molar-refractivity contribution in [3.63, 3.8) is 0 Å².